The zero-order chi connectivity index (χ0) is 15.6. The molecule has 2 aromatic rings. The van der Waals surface area contributed by atoms with Crippen molar-refractivity contribution in [1.82, 2.24) is 10.2 Å². The molecule has 5 heteroatoms. The van der Waals surface area contributed by atoms with Gasteiger partial charge < -0.3 is 14.1 Å². The zero-order valence-electron chi connectivity index (χ0n) is 13.6. The molecule has 1 saturated carbocycles. The molecule has 2 aliphatic rings. The fourth-order valence-electron chi connectivity index (χ4n) is 3.41. The molecule has 0 saturated heterocycles. The van der Waals surface area contributed by atoms with Gasteiger partial charge in [0.05, 0.1) is 13.7 Å². The van der Waals surface area contributed by atoms with Crippen LogP contribution in [0.1, 0.15) is 55.4 Å². The molecule has 0 N–H and O–H groups in total. The Kier molecular flexibility index (Phi) is 3.93. The van der Waals surface area contributed by atoms with E-state index in [0.29, 0.717) is 12.5 Å². The minimum atomic E-state index is 0.497. The number of fused-ring (bicyclic) bond motifs is 1. The summed E-state index contributed by atoms with van der Waals surface area (Å²) in [5.74, 6) is 2.99. The Morgan fingerprint density at radius 1 is 1.22 bits per heavy atom. The highest BCUT2D eigenvalue weighted by Gasteiger charge is 2.26. The highest BCUT2D eigenvalue weighted by Crippen LogP contribution is 2.36. The van der Waals surface area contributed by atoms with E-state index in [2.05, 4.69) is 27.2 Å². The first-order chi connectivity index (χ1) is 11.3. The normalized spacial score (nSPS) is 18.2. The van der Waals surface area contributed by atoms with Crippen molar-refractivity contribution in [2.24, 2.45) is 0 Å². The molecule has 1 aliphatic heterocycles. The van der Waals surface area contributed by atoms with Crippen LogP contribution in [0, 0.1) is 0 Å². The number of ether oxygens (including phenoxy) is 1. The maximum atomic E-state index is 5.90. The molecule has 0 bridgehead atoms. The number of rotatable bonds is 4. The molecule has 4 rings (SSSR count). The van der Waals surface area contributed by atoms with Crippen LogP contribution < -0.4 is 9.64 Å². The lowest BCUT2D eigenvalue weighted by Crippen LogP contribution is -2.23. The molecule has 0 atom stereocenters. The number of aryl methyl sites for hydroxylation is 1. The summed E-state index contributed by atoms with van der Waals surface area (Å²) in [6.07, 6.45) is 7.14. The molecule has 1 aliphatic carbocycles. The highest BCUT2D eigenvalue weighted by molar-refractivity contribution is 5.57. The third-order valence-electron chi connectivity index (χ3n) is 5.01. The van der Waals surface area contributed by atoms with Gasteiger partial charge in [-0.1, -0.05) is 6.42 Å². The summed E-state index contributed by atoms with van der Waals surface area (Å²) < 4.78 is 11.3. The summed E-state index contributed by atoms with van der Waals surface area (Å²) in [5, 5.41) is 8.51. The molecular weight excluding hydrogens is 290 g/mol. The van der Waals surface area contributed by atoms with Crippen molar-refractivity contribution >= 4 is 5.69 Å². The molecular formula is C18H23N3O2. The predicted octanol–water partition coefficient (Wildman–Crippen LogP) is 3.69. The fraction of sp³-hybridized carbons (Fsp3) is 0.556. The summed E-state index contributed by atoms with van der Waals surface area (Å²) in [6, 6.07) is 6.34. The summed E-state index contributed by atoms with van der Waals surface area (Å²) >= 11 is 0. The predicted molar refractivity (Wildman–Crippen MR) is 87.9 cm³/mol. The van der Waals surface area contributed by atoms with Crippen LogP contribution in [-0.4, -0.2) is 23.9 Å². The minimum Gasteiger partial charge on any atom is -0.497 e. The van der Waals surface area contributed by atoms with Gasteiger partial charge in [0.15, 0.2) is 0 Å². The Bertz CT molecular complexity index is 679. The second kappa shape index (κ2) is 6.22. The van der Waals surface area contributed by atoms with Crippen molar-refractivity contribution < 1.29 is 9.15 Å². The molecule has 0 amide bonds. The van der Waals surface area contributed by atoms with Crippen molar-refractivity contribution in [3.05, 3.63) is 35.5 Å². The van der Waals surface area contributed by atoms with Crippen LogP contribution in [0.3, 0.4) is 0 Å². The summed E-state index contributed by atoms with van der Waals surface area (Å²) in [4.78, 5) is 2.36. The molecule has 0 spiro atoms. The van der Waals surface area contributed by atoms with Gasteiger partial charge >= 0.3 is 0 Å². The molecule has 122 valence electrons. The Morgan fingerprint density at radius 3 is 2.91 bits per heavy atom. The Labute approximate surface area is 136 Å². The Morgan fingerprint density at radius 2 is 2.13 bits per heavy atom. The van der Waals surface area contributed by atoms with Crippen LogP contribution in [-0.2, 0) is 13.0 Å². The monoisotopic (exact) mass is 313 g/mol. The Balaban J connectivity index is 1.55. The lowest BCUT2D eigenvalue weighted by Gasteiger charge is -2.24. The zero-order valence-corrected chi connectivity index (χ0v) is 13.6. The van der Waals surface area contributed by atoms with E-state index in [1.807, 2.05) is 6.07 Å². The third-order valence-corrected chi connectivity index (χ3v) is 5.01. The van der Waals surface area contributed by atoms with Crippen LogP contribution in [0.2, 0.25) is 0 Å². The number of benzene rings is 1. The fourth-order valence-corrected chi connectivity index (χ4v) is 3.41. The number of hydrogen-bond donors (Lipinski definition) is 0. The van der Waals surface area contributed by atoms with E-state index in [0.717, 1.165) is 30.5 Å². The van der Waals surface area contributed by atoms with Crippen LogP contribution in [0.5, 0.6) is 5.75 Å². The van der Waals surface area contributed by atoms with Crippen LogP contribution in [0.25, 0.3) is 0 Å². The summed E-state index contributed by atoms with van der Waals surface area (Å²) in [6.45, 7) is 1.72. The standard InChI is InChI=1S/C18H23N3O2/c1-22-15-8-9-16-14(11-15)5-2-3-10-21(16)12-17-19-20-18(23-17)13-6-4-7-13/h8-9,11,13H,2-7,10,12H2,1H3. The van der Waals surface area contributed by atoms with E-state index >= 15 is 0 Å². The van der Waals surface area contributed by atoms with Gasteiger partial charge in [0, 0.05) is 18.2 Å². The molecule has 0 radical (unpaired) electrons. The van der Waals surface area contributed by atoms with E-state index in [1.165, 1.54) is 43.4 Å². The van der Waals surface area contributed by atoms with Gasteiger partial charge in [0.1, 0.15) is 5.75 Å². The largest absolute Gasteiger partial charge is 0.497 e. The summed E-state index contributed by atoms with van der Waals surface area (Å²) in [5.41, 5.74) is 2.62. The van der Waals surface area contributed by atoms with Crippen LogP contribution in [0.15, 0.2) is 22.6 Å². The van der Waals surface area contributed by atoms with Crippen LogP contribution in [0.4, 0.5) is 5.69 Å². The van der Waals surface area contributed by atoms with Crippen LogP contribution >= 0.6 is 0 Å². The number of methoxy groups -OCH3 is 1. The van der Waals surface area contributed by atoms with Gasteiger partial charge in [-0.2, -0.15) is 0 Å². The molecule has 2 heterocycles. The molecule has 1 fully saturated rings. The number of nitrogens with zero attached hydrogens (tertiary/aromatic N) is 3. The van der Waals surface area contributed by atoms with Crippen molar-refractivity contribution in [1.29, 1.82) is 0 Å². The van der Waals surface area contributed by atoms with Gasteiger partial charge in [-0.3, -0.25) is 0 Å². The van der Waals surface area contributed by atoms with E-state index in [4.69, 9.17) is 9.15 Å². The molecule has 1 aromatic carbocycles. The summed E-state index contributed by atoms with van der Waals surface area (Å²) in [7, 11) is 1.72. The lowest BCUT2D eigenvalue weighted by molar-refractivity contribution is 0.324. The van der Waals surface area contributed by atoms with Gasteiger partial charge in [-0.15, -0.1) is 10.2 Å². The third kappa shape index (κ3) is 2.92. The first-order valence-corrected chi connectivity index (χ1v) is 8.57. The molecule has 23 heavy (non-hydrogen) atoms. The number of hydrogen-bond acceptors (Lipinski definition) is 5. The van der Waals surface area contributed by atoms with Gasteiger partial charge in [0.25, 0.3) is 0 Å². The second-order valence-electron chi connectivity index (χ2n) is 6.54. The van der Waals surface area contributed by atoms with E-state index in [-0.39, 0.29) is 0 Å². The van der Waals surface area contributed by atoms with Crippen molar-refractivity contribution in [3.63, 3.8) is 0 Å². The topological polar surface area (TPSA) is 51.4 Å². The maximum Gasteiger partial charge on any atom is 0.235 e. The number of aromatic nitrogens is 2. The van der Waals surface area contributed by atoms with Gasteiger partial charge in [-0.25, -0.2) is 0 Å². The van der Waals surface area contributed by atoms with E-state index < -0.39 is 0 Å². The van der Waals surface area contributed by atoms with E-state index in [9.17, 15) is 0 Å². The smallest absolute Gasteiger partial charge is 0.235 e. The van der Waals surface area contributed by atoms with E-state index in [1.54, 1.807) is 7.11 Å². The Hall–Kier alpha value is -2.04. The van der Waals surface area contributed by atoms with Crippen molar-refractivity contribution in [2.75, 3.05) is 18.6 Å². The van der Waals surface area contributed by atoms with Gasteiger partial charge in [-0.05, 0) is 55.9 Å². The molecule has 0 unspecified atom stereocenters. The molecule has 5 nitrogen and oxygen atoms in total. The average Bonchev–Trinajstić information content (AvgIpc) is 2.86. The molecule has 1 aromatic heterocycles. The maximum absolute atomic E-state index is 5.90. The van der Waals surface area contributed by atoms with Crippen molar-refractivity contribution in [2.45, 2.75) is 51.0 Å². The highest BCUT2D eigenvalue weighted by atomic mass is 16.5. The quantitative estimate of drug-likeness (QED) is 0.861. The minimum absolute atomic E-state index is 0.497. The number of anilines is 1. The second-order valence-corrected chi connectivity index (χ2v) is 6.54. The van der Waals surface area contributed by atoms with Crippen molar-refractivity contribution in [3.8, 4) is 5.75 Å². The lowest BCUT2D eigenvalue weighted by atomic mass is 9.85. The first kappa shape index (κ1) is 14.5. The first-order valence-electron chi connectivity index (χ1n) is 8.57. The van der Waals surface area contributed by atoms with Gasteiger partial charge in [0.2, 0.25) is 11.8 Å². The average molecular weight is 313 g/mol. The SMILES string of the molecule is COc1ccc2c(c1)CCCCN2Cc1nnc(C2CCC2)o1.